The van der Waals surface area contributed by atoms with Gasteiger partial charge in [0, 0.05) is 26.5 Å². The van der Waals surface area contributed by atoms with Gasteiger partial charge in [-0.1, -0.05) is 6.07 Å². The summed E-state index contributed by atoms with van der Waals surface area (Å²) in [6.45, 7) is 0. The molecule has 0 radical (unpaired) electrons. The molecule has 0 aliphatic heterocycles. The highest BCUT2D eigenvalue weighted by Gasteiger charge is 2.03. The Morgan fingerprint density at radius 1 is 0.941 bits per heavy atom. The topological polar surface area (TPSA) is 53.7 Å². The molecular weight excluding hydrogens is 214 g/mol. The fraction of sp³-hybridized carbons (Fsp3) is 0.167. The normalized spacial score (nSPS) is 10.7. The van der Waals surface area contributed by atoms with Crippen LogP contribution in [0.15, 0.2) is 53.0 Å². The maximum absolute atomic E-state index is 4.19. The number of pyridine rings is 2. The molecule has 0 aliphatic rings. The predicted molar refractivity (Wildman–Crippen MR) is 67.0 cm³/mol. The van der Waals surface area contributed by atoms with Gasteiger partial charge in [0.25, 0.3) is 0 Å². The molecule has 86 valence electrons. The number of rotatable bonds is 3. The first kappa shape index (κ1) is 11.2. The van der Waals surface area contributed by atoms with E-state index in [1.165, 1.54) is 0 Å². The summed E-state index contributed by atoms with van der Waals surface area (Å²) in [4.78, 5) is 10.2. The van der Waals surface area contributed by atoms with Crippen LogP contribution in [-0.4, -0.2) is 24.1 Å². The summed E-state index contributed by atoms with van der Waals surface area (Å²) in [6.07, 6.45) is 3.37. The molecule has 0 unspecified atom stereocenters. The molecular formula is C12H13N5. The van der Waals surface area contributed by atoms with E-state index in [0.29, 0.717) is 11.6 Å². The minimum atomic E-state index is 0.572. The number of hydrogen-bond donors (Lipinski definition) is 0. The third-order valence-corrected chi connectivity index (χ3v) is 2.14. The van der Waals surface area contributed by atoms with Gasteiger partial charge in [-0.05, 0) is 24.3 Å². The van der Waals surface area contributed by atoms with Crippen LogP contribution in [0.4, 0.5) is 17.3 Å². The van der Waals surface area contributed by atoms with Crippen LogP contribution in [0.5, 0.6) is 0 Å². The van der Waals surface area contributed by atoms with Gasteiger partial charge in [0.15, 0.2) is 11.6 Å². The van der Waals surface area contributed by atoms with Gasteiger partial charge in [-0.25, -0.2) is 9.97 Å². The Labute approximate surface area is 99.9 Å². The Kier molecular flexibility index (Phi) is 3.40. The van der Waals surface area contributed by atoms with Crippen molar-refractivity contribution in [2.24, 2.45) is 10.2 Å². The van der Waals surface area contributed by atoms with Gasteiger partial charge in [0.2, 0.25) is 0 Å². The summed E-state index contributed by atoms with van der Waals surface area (Å²) in [5, 5.41) is 8.15. The van der Waals surface area contributed by atoms with Crippen LogP contribution in [-0.2, 0) is 0 Å². The van der Waals surface area contributed by atoms with E-state index < -0.39 is 0 Å². The molecule has 0 atom stereocenters. The summed E-state index contributed by atoms with van der Waals surface area (Å²) in [6, 6.07) is 9.31. The van der Waals surface area contributed by atoms with Crippen LogP contribution in [0.3, 0.4) is 0 Å². The number of azo groups is 1. The van der Waals surface area contributed by atoms with Gasteiger partial charge in [-0.15, -0.1) is 10.2 Å². The Hall–Kier alpha value is -2.30. The zero-order valence-electron chi connectivity index (χ0n) is 9.78. The second-order valence-corrected chi connectivity index (χ2v) is 3.63. The average Bonchev–Trinajstić information content (AvgIpc) is 2.38. The van der Waals surface area contributed by atoms with E-state index in [2.05, 4.69) is 20.2 Å². The molecule has 0 aliphatic carbocycles. The Morgan fingerprint density at radius 3 is 2.47 bits per heavy atom. The van der Waals surface area contributed by atoms with Crippen molar-refractivity contribution in [1.29, 1.82) is 0 Å². The third kappa shape index (κ3) is 2.84. The molecule has 17 heavy (non-hydrogen) atoms. The molecule has 5 heteroatoms. The number of aromatic nitrogens is 2. The molecule has 2 heterocycles. The largest absolute Gasteiger partial charge is 0.375 e. The van der Waals surface area contributed by atoms with Crippen molar-refractivity contribution in [3.8, 4) is 0 Å². The van der Waals surface area contributed by atoms with Crippen molar-refractivity contribution in [2.45, 2.75) is 0 Å². The van der Waals surface area contributed by atoms with Crippen molar-refractivity contribution in [3.63, 3.8) is 0 Å². The standard InChI is InChI=1S/C12H13N5/c1-17(2)10-6-5-9-14-12(10)16-15-11-7-3-4-8-13-11/h3-9H,1-2H3. The fourth-order valence-electron chi connectivity index (χ4n) is 1.33. The van der Waals surface area contributed by atoms with Crippen LogP contribution < -0.4 is 4.90 Å². The van der Waals surface area contributed by atoms with Gasteiger partial charge < -0.3 is 4.90 Å². The molecule has 0 saturated carbocycles. The first-order chi connectivity index (χ1) is 8.27. The molecule has 0 fully saturated rings. The minimum absolute atomic E-state index is 0.572. The number of hydrogen-bond acceptors (Lipinski definition) is 5. The van der Waals surface area contributed by atoms with Gasteiger partial charge in [0.05, 0.1) is 5.69 Å². The minimum Gasteiger partial charge on any atom is -0.375 e. The van der Waals surface area contributed by atoms with Crippen LogP contribution in [0.25, 0.3) is 0 Å². The lowest BCUT2D eigenvalue weighted by atomic mass is 10.4. The van der Waals surface area contributed by atoms with E-state index in [4.69, 9.17) is 0 Å². The van der Waals surface area contributed by atoms with E-state index in [1.54, 1.807) is 18.5 Å². The third-order valence-electron chi connectivity index (χ3n) is 2.14. The maximum atomic E-state index is 4.19. The predicted octanol–water partition coefficient (Wildman–Crippen LogP) is 2.96. The molecule has 0 aromatic carbocycles. The molecule has 0 spiro atoms. The van der Waals surface area contributed by atoms with Crippen molar-refractivity contribution < 1.29 is 0 Å². The highest BCUT2D eigenvalue weighted by molar-refractivity contribution is 5.61. The molecule has 2 aromatic rings. The van der Waals surface area contributed by atoms with E-state index >= 15 is 0 Å². The monoisotopic (exact) mass is 227 g/mol. The van der Waals surface area contributed by atoms with Gasteiger partial charge in [0.1, 0.15) is 0 Å². The average molecular weight is 227 g/mol. The van der Waals surface area contributed by atoms with Gasteiger partial charge in [-0.2, -0.15) is 0 Å². The molecule has 5 nitrogen and oxygen atoms in total. The number of anilines is 1. The van der Waals surface area contributed by atoms with Crippen LogP contribution in [0, 0.1) is 0 Å². The van der Waals surface area contributed by atoms with E-state index in [0.717, 1.165) is 5.69 Å². The fourth-order valence-corrected chi connectivity index (χ4v) is 1.33. The summed E-state index contributed by atoms with van der Waals surface area (Å²) in [5.41, 5.74) is 0.923. The zero-order chi connectivity index (χ0) is 12.1. The van der Waals surface area contributed by atoms with Crippen LogP contribution in [0.1, 0.15) is 0 Å². The molecule has 2 aromatic heterocycles. The Balaban J connectivity index is 2.27. The summed E-state index contributed by atoms with van der Waals surface area (Å²) >= 11 is 0. The van der Waals surface area contributed by atoms with Crippen molar-refractivity contribution >= 4 is 17.3 Å². The lowest BCUT2D eigenvalue weighted by molar-refractivity contribution is 1.06. The van der Waals surface area contributed by atoms with Gasteiger partial charge >= 0.3 is 0 Å². The Morgan fingerprint density at radius 2 is 1.76 bits per heavy atom. The van der Waals surface area contributed by atoms with Crippen molar-refractivity contribution in [3.05, 3.63) is 42.7 Å². The highest BCUT2D eigenvalue weighted by Crippen LogP contribution is 2.25. The Bertz CT molecular complexity index is 507. The van der Waals surface area contributed by atoms with E-state index in [1.807, 2.05) is 43.3 Å². The lowest BCUT2D eigenvalue weighted by Gasteiger charge is -2.12. The second-order valence-electron chi connectivity index (χ2n) is 3.63. The summed E-state index contributed by atoms with van der Waals surface area (Å²) < 4.78 is 0. The lowest BCUT2D eigenvalue weighted by Crippen LogP contribution is -2.08. The summed E-state index contributed by atoms with van der Waals surface area (Å²) in [7, 11) is 3.88. The van der Waals surface area contributed by atoms with Crippen molar-refractivity contribution in [1.82, 2.24) is 9.97 Å². The summed E-state index contributed by atoms with van der Waals surface area (Å²) in [5.74, 6) is 1.16. The van der Waals surface area contributed by atoms with E-state index in [9.17, 15) is 0 Å². The molecule has 0 bridgehead atoms. The molecule has 2 rings (SSSR count). The number of nitrogens with zero attached hydrogens (tertiary/aromatic N) is 5. The smallest absolute Gasteiger partial charge is 0.198 e. The van der Waals surface area contributed by atoms with Crippen molar-refractivity contribution in [2.75, 3.05) is 19.0 Å². The SMILES string of the molecule is CN(C)c1cccnc1N=Nc1ccccn1. The van der Waals surface area contributed by atoms with Crippen LogP contribution in [0.2, 0.25) is 0 Å². The van der Waals surface area contributed by atoms with Crippen LogP contribution >= 0.6 is 0 Å². The maximum Gasteiger partial charge on any atom is 0.198 e. The molecule has 0 amide bonds. The van der Waals surface area contributed by atoms with E-state index in [-0.39, 0.29) is 0 Å². The first-order valence-corrected chi connectivity index (χ1v) is 5.22. The quantitative estimate of drug-likeness (QED) is 0.757. The zero-order valence-corrected chi connectivity index (χ0v) is 9.78. The first-order valence-electron chi connectivity index (χ1n) is 5.22. The second kappa shape index (κ2) is 5.16. The molecule has 0 N–H and O–H groups in total. The highest BCUT2D eigenvalue weighted by atomic mass is 15.2. The van der Waals surface area contributed by atoms with Gasteiger partial charge in [-0.3, -0.25) is 0 Å². The molecule has 0 saturated heterocycles.